The summed E-state index contributed by atoms with van der Waals surface area (Å²) >= 11 is 0. The number of methoxy groups -OCH3 is 1. The topological polar surface area (TPSA) is 41.8 Å². The zero-order chi connectivity index (χ0) is 30.5. The second-order valence-electron chi connectivity index (χ2n) is 15.0. The molecule has 3 aromatic carbocycles. The Hall–Kier alpha value is -2.85. The summed E-state index contributed by atoms with van der Waals surface area (Å²) in [5.74, 6) is 3.77. The number of para-hydroxylation sites is 2. The maximum atomic E-state index is 12.2. The fourth-order valence-corrected chi connectivity index (χ4v) is 17.5. The average molecular weight is 594 g/mol. The number of aromatic hydroxyl groups is 1. The highest BCUT2D eigenvalue weighted by atomic mass is 28.3. The minimum absolute atomic E-state index is 0.109. The van der Waals surface area contributed by atoms with Gasteiger partial charge in [-0.15, -0.1) is 0 Å². The third-order valence-corrected chi connectivity index (χ3v) is 18.8. The first-order valence-corrected chi connectivity index (χ1v) is 19.0. The van der Waals surface area contributed by atoms with E-state index in [0.29, 0.717) is 22.4 Å². The molecular formula is C39H51NO2Si. The molecule has 4 fully saturated rings. The van der Waals surface area contributed by atoms with Crippen LogP contribution >= 0.6 is 0 Å². The summed E-state index contributed by atoms with van der Waals surface area (Å²) in [6, 6.07) is 21.2. The molecule has 4 aliphatic rings. The molecule has 4 bridgehead atoms. The van der Waals surface area contributed by atoms with Gasteiger partial charge in [0.15, 0.2) is 0 Å². The number of hydrogen-bond donors (Lipinski definition) is 1. The number of rotatable bonds is 9. The van der Waals surface area contributed by atoms with Gasteiger partial charge in [-0.2, -0.15) is 0 Å². The Morgan fingerprint density at radius 3 is 1.88 bits per heavy atom. The Morgan fingerprint density at radius 1 is 0.791 bits per heavy atom. The molecule has 0 aromatic heterocycles. The van der Waals surface area contributed by atoms with Crippen LogP contribution in [0.25, 0.3) is 11.1 Å². The maximum Gasteiger partial charge on any atom is 0.128 e. The first-order chi connectivity index (χ1) is 20.6. The number of ether oxygens (including phenoxy) is 1. The van der Waals surface area contributed by atoms with E-state index in [9.17, 15) is 5.11 Å². The Kier molecular flexibility index (Phi) is 8.13. The van der Waals surface area contributed by atoms with Crippen LogP contribution in [-0.4, -0.2) is 26.5 Å². The lowest BCUT2D eigenvalue weighted by atomic mass is 9.48. The summed E-state index contributed by atoms with van der Waals surface area (Å²) in [4.78, 5) is 5.11. The molecule has 0 spiro atoms. The molecule has 0 amide bonds. The van der Waals surface area contributed by atoms with Gasteiger partial charge in [0.05, 0.1) is 20.9 Å². The summed E-state index contributed by atoms with van der Waals surface area (Å²) in [6.07, 6.45) is 9.87. The van der Waals surface area contributed by atoms with Crippen LogP contribution in [0.4, 0.5) is 5.69 Å². The maximum absolute atomic E-state index is 12.2. The molecule has 0 aliphatic heterocycles. The number of phenolic OH excluding ortho intramolecular Hbond substituents is 1. The molecule has 3 aromatic rings. The standard InChI is InChI=1S/C39H51NO2Si/c1-25(2)43(26(3)4,27(5)6)32-19-31(24-40-36-14-10-8-12-33(36)34-13-9-11-15-37(34)42-7)38(41)35(20-32)39-21-28-16-29(22-39)18-30(17-28)23-39/h8-15,19-20,24-30,41H,16-18,21-23H2,1-7H3. The monoisotopic (exact) mass is 593 g/mol. The summed E-state index contributed by atoms with van der Waals surface area (Å²) in [5.41, 5.74) is 6.95. The smallest absolute Gasteiger partial charge is 0.128 e. The highest BCUT2D eigenvalue weighted by molar-refractivity contribution is 6.95. The van der Waals surface area contributed by atoms with E-state index in [2.05, 4.69) is 77.9 Å². The van der Waals surface area contributed by atoms with Gasteiger partial charge in [-0.25, -0.2) is 0 Å². The van der Waals surface area contributed by atoms with Crippen molar-refractivity contribution in [3.63, 3.8) is 0 Å². The van der Waals surface area contributed by atoms with Crippen molar-refractivity contribution in [2.24, 2.45) is 22.7 Å². The van der Waals surface area contributed by atoms with E-state index in [1.807, 2.05) is 30.5 Å². The number of benzene rings is 3. The fraction of sp³-hybridized carbons (Fsp3) is 0.513. The second-order valence-corrected chi connectivity index (χ2v) is 20.9. The molecule has 7 rings (SSSR count). The van der Waals surface area contributed by atoms with Crippen molar-refractivity contribution in [1.82, 2.24) is 0 Å². The Bertz CT molecular complexity index is 1450. The molecule has 228 valence electrons. The van der Waals surface area contributed by atoms with Crippen molar-refractivity contribution in [2.75, 3.05) is 7.11 Å². The van der Waals surface area contributed by atoms with Crippen molar-refractivity contribution >= 4 is 25.2 Å². The average Bonchev–Trinajstić information content (AvgIpc) is 2.96. The van der Waals surface area contributed by atoms with Crippen LogP contribution in [0.5, 0.6) is 11.5 Å². The molecule has 0 saturated heterocycles. The van der Waals surface area contributed by atoms with Crippen molar-refractivity contribution in [1.29, 1.82) is 0 Å². The van der Waals surface area contributed by atoms with Gasteiger partial charge in [-0.1, -0.05) is 95.3 Å². The lowest BCUT2D eigenvalue weighted by Crippen LogP contribution is -2.56. The normalized spacial score (nSPS) is 25.0. The zero-order valence-corrected chi connectivity index (χ0v) is 28.4. The Morgan fingerprint density at radius 2 is 1.33 bits per heavy atom. The number of phenols is 1. The van der Waals surface area contributed by atoms with Gasteiger partial charge in [0.1, 0.15) is 11.5 Å². The van der Waals surface area contributed by atoms with E-state index in [-0.39, 0.29) is 5.41 Å². The van der Waals surface area contributed by atoms with E-state index in [4.69, 9.17) is 9.73 Å². The lowest BCUT2D eigenvalue weighted by molar-refractivity contribution is -0.00610. The molecule has 0 atom stereocenters. The lowest BCUT2D eigenvalue weighted by Gasteiger charge is -2.57. The molecule has 4 saturated carbocycles. The first-order valence-electron chi connectivity index (χ1n) is 16.7. The molecular weight excluding hydrogens is 543 g/mol. The predicted octanol–water partition coefficient (Wildman–Crippen LogP) is 10.2. The van der Waals surface area contributed by atoms with E-state index in [1.165, 1.54) is 49.3 Å². The molecule has 1 N–H and O–H groups in total. The van der Waals surface area contributed by atoms with Crippen LogP contribution in [-0.2, 0) is 5.41 Å². The number of hydrogen-bond acceptors (Lipinski definition) is 3. The molecule has 0 radical (unpaired) electrons. The van der Waals surface area contributed by atoms with Gasteiger partial charge < -0.3 is 9.84 Å². The Labute approximate surface area is 260 Å². The van der Waals surface area contributed by atoms with E-state index in [0.717, 1.165) is 45.9 Å². The summed E-state index contributed by atoms with van der Waals surface area (Å²) in [5, 5.41) is 13.7. The molecule has 4 aliphatic carbocycles. The van der Waals surface area contributed by atoms with Crippen molar-refractivity contribution in [3.8, 4) is 22.6 Å². The zero-order valence-electron chi connectivity index (χ0n) is 27.4. The van der Waals surface area contributed by atoms with Gasteiger partial charge >= 0.3 is 0 Å². The van der Waals surface area contributed by atoms with E-state index < -0.39 is 8.07 Å². The van der Waals surface area contributed by atoms with Crippen LogP contribution in [0.3, 0.4) is 0 Å². The highest BCUT2D eigenvalue weighted by Gasteiger charge is 2.53. The minimum Gasteiger partial charge on any atom is -0.507 e. The van der Waals surface area contributed by atoms with Crippen molar-refractivity contribution < 1.29 is 9.84 Å². The van der Waals surface area contributed by atoms with Crippen molar-refractivity contribution in [2.45, 2.75) is 102 Å². The summed E-state index contributed by atoms with van der Waals surface area (Å²) in [6.45, 7) is 14.7. The van der Waals surface area contributed by atoms with Crippen LogP contribution in [0, 0.1) is 17.8 Å². The molecule has 43 heavy (non-hydrogen) atoms. The first kappa shape index (κ1) is 30.2. The molecule has 0 unspecified atom stereocenters. The second kappa shape index (κ2) is 11.6. The van der Waals surface area contributed by atoms with Crippen LogP contribution in [0.15, 0.2) is 65.7 Å². The molecule has 3 nitrogen and oxygen atoms in total. The van der Waals surface area contributed by atoms with Gasteiger partial charge in [0.25, 0.3) is 0 Å². The van der Waals surface area contributed by atoms with Crippen LogP contribution in [0.1, 0.15) is 91.2 Å². The SMILES string of the molecule is COc1ccccc1-c1ccccc1N=Cc1cc([Si](C(C)C)(C(C)C)C(C)C)cc(C23CC4CC(CC(C4)C2)C3)c1O. The van der Waals surface area contributed by atoms with Crippen LogP contribution < -0.4 is 9.92 Å². The van der Waals surface area contributed by atoms with Crippen molar-refractivity contribution in [3.05, 3.63) is 71.8 Å². The van der Waals surface area contributed by atoms with Gasteiger partial charge in [0, 0.05) is 28.5 Å². The van der Waals surface area contributed by atoms with E-state index in [1.54, 1.807) is 7.11 Å². The predicted molar refractivity (Wildman–Crippen MR) is 184 cm³/mol. The Balaban J connectivity index is 1.53. The quantitative estimate of drug-likeness (QED) is 0.198. The van der Waals surface area contributed by atoms with E-state index >= 15 is 0 Å². The van der Waals surface area contributed by atoms with Gasteiger partial charge in [-0.3, -0.25) is 4.99 Å². The molecule has 4 heteroatoms. The fourth-order valence-electron chi connectivity index (χ4n) is 10.7. The highest BCUT2D eigenvalue weighted by Crippen LogP contribution is 2.62. The van der Waals surface area contributed by atoms with Crippen LogP contribution in [0.2, 0.25) is 16.6 Å². The molecule has 0 heterocycles. The summed E-state index contributed by atoms with van der Waals surface area (Å²) in [7, 11) is -0.260. The number of nitrogens with zero attached hydrogens (tertiary/aromatic N) is 1. The van der Waals surface area contributed by atoms with Gasteiger partial charge in [0.2, 0.25) is 0 Å². The minimum atomic E-state index is -1.98. The third kappa shape index (κ3) is 5.08. The third-order valence-electron chi connectivity index (χ3n) is 11.8. The number of aliphatic imine (C=N–C) groups is 1. The van der Waals surface area contributed by atoms with Gasteiger partial charge in [-0.05, 0) is 90.4 Å². The summed E-state index contributed by atoms with van der Waals surface area (Å²) < 4.78 is 5.70. The largest absolute Gasteiger partial charge is 0.507 e.